The summed E-state index contributed by atoms with van der Waals surface area (Å²) in [6.45, 7) is 6.71. The standard InChI is InChI=1S/C15H20N4O/c1-3-14-17-18-15(20-14)10-19-9-11(2)16-8-12-6-4-5-7-13(12)19/h4-7,11,16H,3,8-10H2,1-2H3. The topological polar surface area (TPSA) is 54.2 Å². The molecule has 20 heavy (non-hydrogen) atoms. The van der Waals surface area contributed by atoms with E-state index >= 15 is 0 Å². The molecule has 0 fully saturated rings. The molecule has 0 spiro atoms. The Morgan fingerprint density at radius 2 is 2.10 bits per heavy atom. The van der Waals surface area contributed by atoms with Crippen LogP contribution in [0.25, 0.3) is 0 Å². The largest absolute Gasteiger partial charge is 0.423 e. The van der Waals surface area contributed by atoms with Crippen LogP contribution in [-0.4, -0.2) is 22.8 Å². The highest BCUT2D eigenvalue weighted by Gasteiger charge is 2.20. The molecule has 1 unspecified atom stereocenters. The minimum absolute atomic E-state index is 0.427. The van der Waals surface area contributed by atoms with Crippen molar-refractivity contribution in [2.75, 3.05) is 11.4 Å². The molecule has 2 heterocycles. The van der Waals surface area contributed by atoms with Gasteiger partial charge >= 0.3 is 0 Å². The highest BCUT2D eigenvalue weighted by molar-refractivity contribution is 5.54. The van der Waals surface area contributed by atoms with E-state index in [1.54, 1.807) is 0 Å². The van der Waals surface area contributed by atoms with E-state index in [0.29, 0.717) is 24.4 Å². The Kier molecular flexibility index (Phi) is 3.69. The van der Waals surface area contributed by atoms with Crippen molar-refractivity contribution in [3.05, 3.63) is 41.6 Å². The summed E-state index contributed by atoms with van der Waals surface area (Å²) in [5.41, 5.74) is 2.56. The number of para-hydroxylation sites is 1. The van der Waals surface area contributed by atoms with Crippen LogP contribution in [0, 0.1) is 0 Å². The quantitative estimate of drug-likeness (QED) is 0.927. The molecule has 0 saturated carbocycles. The van der Waals surface area contributed by atoms with Gasteiger partial charge in [-0.05, 0) is 18.6 Å². The highest BCUT2D eigenvalue weighted by Crippen LogP contribution is 2.24. The van der Waals surface area contributed by atoms with Crippen LogP contribution in [0.1, 0.15) is 31.2 Å². The Balaban J connectivity index is 1.86. The molecule has 0 amide bonds. The maximum absolute atomic E-state index is 5.64. The van der Waals surface area contributed by atoms with E-state index in [0.717, 1.165) is 19.5 Å². The van der Waals surface area contributed by atoms with Crippen LogP contribution in [0.15, 0.2) is 28.7 Å². The fraction of sp³-hybridized carbons (Fsp3) is 0.467. The molecule has 1 aliphatic heterocycles. The Labute approximate surface area is 119 Å². The lowest BCUT2D eigenvalue weighted by Crippen LogP contribution is -2.35. The van der Waals surface area contributed by atoms with Gasteiger partial charge in [-0.1, -0.05) is 25.1 Å². The molecule has 1 aromatic carbocycles. The molecule has 1 aromatic heterocycles. The van der Waals surface area contributed by atoms with Crippen molar-refractivity contribution in [2.45, 2.75) is 39.4 Å². The van der Waals surface area contributed by atoms with Crippen LogP contribution in [0.3, 0.4) is 0 Å². The monoisotopic (exact) mass is 272 g/mol. The Hall–Kier alpha value is -1.88. The van der Waals surface area contributed by atoms with Gasteiger partial charge in [0.05, 0.1) is 6.54 Å². The second-order valence-corrected chi connectivity index (χ2v) is 5.23. The van der Waals surface area contributed by atoms with E-state index in [2.05, 4.69) is 51.6 Å². The lowest BCUT2D eigenvalue weighted by Gasteiger charge is -2.24. The third-order valence-electron chi connectivity index (χ3n) is 3.60. The summed E-state index contributed by atoms with van der Waals surface area (Å²) in [4.78, 5) is 2.31. The van der Waals surface area contributed by atoms with Gasteiger partial charge in [0.1, 0.15) is 0 Å². The Morgan fingerprint density at radius 3 is 2.90 bits per heavy atom. The van der Waals surface area contributed by atoms with Gasteiger partial charge in [-0.2, -0.15) is 0 Å². The first kappa shape index (κ1) is 13.1. The number of benzene rings is 1. The van der Waals surface area contributed by atoms with Gasteiger partial charge in [-0.15, -0.1) is 10.2 Å². The molecule has 1 N–H and O–H groups in total. The highest BCUT2D eigenvalue weighted by atomic mass is 16.4. The average molecular weight is 272 g/mol. The number of aryl methyl sites for hydroxylation is 1. The van der Waals surface area contributed by atoms with Gasteiger partial charge in [0.15, 0.2) is 0 Å². The van der Waals surface area contributed by atoms with E-state index in [9.17, 15) is 0 Å². The van der Waals surface area contributed by atoms with Gasteiger partial charge in [0.2, 0.25) is 11.8 Å². The van der Waals surface area contributed by atoms with E-state index in [1.165, 1.54) is 11.3 Å². The molecular weight excluding hydrogens is 252 g/mol. The van der Waals surface area contributed by atoms with Gasteiger partial charge in [-0.3, -0.25) is 0 Å². The van der Waals surface area contributed by atoms with E-state index in [4.69, 9.17) is 4.42 Å². The van der Waals surface area contributed by atoms with Crippen molar-refractivity contribution in [2.24, 2.45) is 0 Å². The maximum atomic E-state index is 5.64. The van der Waals surface area contributed by atoms with Crippen LogP contribution in [0.4, 0.5) is 5.69 Å². The summed E-state index contributed by atoms with van der Waals surface area (Å²) < 4.78 is 5.64. The molecule has 0 aliphatic carbocycles. The first-order valence-electron chi connectivity index (χ1n) is 7.13. The number of rotatable bonds is 3. The molecule has 106 valence electrons. The van der Waals surface area contributed by atoms with Crippen molar-refractivity contribution < 1.29 is 4.42 Å². The van der Waals surface area contributed by atoms with Crippen molar-refractivity contribution in [1.82, 2.24) is 15.5 Å². The lowest BCUT2D eigenvalue weighted by atomic mass is 10.1. The molecule has 0 radical (unpaired) electrons. The molecule has 5 nitrogen and oxygen atoms in total. The minimum Gasteiger partial charge on any atom is -0.423 e. The summed E-state index contributed by atoms with van der Waals surface area (Å²) in [5.74, 6) is 1.39. The minimum atomic E-state index is 0.427. The fourth-order valence-corrected chi connectivity index (χ4v) is 2.55. The molecule has 2 aromatic rings. The number of hydrogen-bond acceptors (Lipinski definition) is 5. The Morgan fingerprint density at radius 1 is 1.30 bits per heavy atom. The summed E-state index contributed by atoms with van der Waals surface area (Å²) in [5, 5.41) is 11.7. The first-order chi connectivity index (χ1) is 9.76. The zero-order chi connectivity index (χ0) is 13.9. The molecule has 1 aliphatic rings. The van der Waals surface area contributed by atoms with Crippen molar-refractivity contribution in [3.8, 4) is 0 Å². The molecule has 0 bridgehead atoms. The van der Waals surface area contributed by atoms with E-state index < -0.39 is 0 Å². The predicted molar refractivity (Wildman–Crippen MR) is 77.5 cm³/mol. The average Bonchev–Trinajstić information content (AvgIpc) is 2.86. The number of anilines is 1. The second kappa shape index (κ2) is 5.63. The summed E-state index contributed by atoms with van der Waals surface area (Å²) in [6.07, 6.45) is 0.779. The van der Waals surface area contributed by atoms with E-state index in [-0.39, 0.29) is 0 Å². The van der Waals surface area contributed by atoms with Crippen LogP contribution >= 0.6 is 0 Å². The molecule has 3 rings (SSSR count). The molecular formula is C15H20N4O. The molecule has 1 atom stereocenters. The number of fused-ring (bicyclic) bond motifs is 1. The zero-order valence-electron chi connectivity index (χ0n) is 12.0. The van der Waals surface area contributed by atoms with Gasteiger partial charge in [-0.25, -0.2) is 0 Å². The van der Waals surface area contributed by atoms with Crippen LogP contribution in [0.2, 0.25) is 0 Å². The predicted octanol–water partition coefficient (Wildman–Crippen LogP) is 2.13. The summed E-state index contributed by atoms with van der Waals surface area (Å²) >= 11 is 0. The fourth-order valence-electron chi connectivity index (χ4n) is 2.55. The number of aromatic nitrogens is 2. The lowest BCUT2D eigenvalue weighted by molar-refractivity contribution is 0.444. The van der Waals surface area contributed by atoms with Crippen molar-refractivity contribution in [3.63, 3.8) is 0 Å². The molecule has 5 heteroatoms. The van der Waals surface area contributed by atoms with Crippen molar-refractivity contribution in [1.29, 1.82) is 0 Å². The van der Waals surface area contributed by atoms with Crippen LogP contribution < -0.4 is 10.2 Å². The van der Waals surface area contributed by atoms with Crippen molar-refractivity contribution >= 4 is 5.69 Å². The van der Waals surface area contributed by atoms with Crippen LogP contribution in [0.5, 0.6) is 0 Å². The number of hydrogen-bond donors (Lipinski definition) is 1. The van der Waals surface area contributed by atoms with Gasteiger partial charge < -0.3 is 14.6 Å². The van der Waals surface area contributed by atoms with Gasteiger partial charge in [0.25, 0.3) is 0 Å². The van der Waals surface area contributed by atoms with Gasteiger partial charge in [0, 0.05) is 31.2 Å². The zero-order valence-corrected chi connectivity index (χ0v) is 12.0. The normalized spacial score (nSPS) is 18.7. The summed E-state index contributed by atoms with van der Waals surface area (Å²) in [6, 6.07) is 8.91. The second-order valence-electron chi connectivity index (χ2n) is 5.23. The number of nitrogens with one attached hydrogen (secondary N) is 1. The molecule has 0 saturated heterocycles. The smallest absolute Gasteiger partial charge is 0.235 e. The summed E-state index contributed by atoms with van der Waals surface area (Å²) in [7, 11) is 0. The van der Waals surface area contributed by atoms with Crippen LogP contribution in [-0.2, 0) is 19.5 Å². The SMILES string of the molecule is CCc1nnc(CN2CC(C)NCc3ccccc32)o1. The first-order valence-corrected chi connectivity index (χ1v) is 7.13. The number of nitrogens with zero attached hydrogens (tertiary/aromatic N) is 3. The third-order valence-corrected chi connectivity index (χ3v) is 3.60. The van der Waals surface area contributed by atoms with E-state index in [1.807, 2.05) is 6.92 Å². The maximum Gasteiger partial charge on any atom is 0.235 e. The third kappa shape index (κ3) is 2.67. The Bertz CT molecular complexity index is 581.